The molecule has 2 heterocycles. The van der Waals surface area contributed by atoms with Crippen LogP contribution in [0.1, 0.15) is 10.6 Å². The SMILES string of the molecule is O=C(O)c1cc(-c2ccc3n[nH]c(Cl)c3c2)no1. The number of halogens is 1. The Hall–Kier alpha value is -2.34. The minimum Gasteiger partial charge on any atom is -0.475 e. The minimum absolute atomic E-state index is 0.205. The van der Waals surface area contributed by atoms with Crippen LogP contribution in [0.15, 0.2) is 28.8 Å². The molecular formula is C11H6ClN3O3. The molecule has 7 heteroatoms. The lowest BCUT2D eigenvalue weighted by Gasteiger charge is -1.95. The molecule has 0 atom stereocenters. The third kappa shape index (κ3) is 1.63. The highest BCUT2D eigenvalue weighted by molar-refractivity contribution is 6.34. The Kier molecular flexibility index (Phi) is 2.31. The standard InChI is InChI=1S/C11H6ClN3O3/c12-10-6-3-5(1-2-7(6)13-14-10)8-4-9(11(16)17)18-15-8/h1-4H,(H,13,14)(H,16,17). The molecular weight excluding hydrogens is 258 g/mol. The van der Waals surface area contributed by atoms with Crippen molar-refractivity contribution in [3.63, 3.8) is 0 Å². The van der Waals surface area contributed by atoms with Crippen molar-refractivity contribution in [1.82, 2.24) is 15.4 Å². The third-order valence-corrected chi connectivity index (χ3v) is 2.81. The summed E-state index contributed by atoms with van der Waals surface area (Å²) in [5.74, 6) is -1.36. The quantitative estimate of drug-likeness (QED) is 0.741. The number of rotatable bonds is 2. The van der Waals surface area contributed by atoms with Crippen LogP contribution < -0.4 is 0 Å². The van der Waals surface area contributed by atoms with Gasteiger partial charge in [-0.3, -0.25) is 5.10 Å². The van der Waals surface area contributed by atoms with Crippen LogP contribution in [-0.2, 0) is 0 Å². The normalized spacial score (nSPS) is 10.9. The molecule has 0 aliphatic heterocycles. The van der Waals surface area contributed by atoms with E-state index >= 15 is 0 Å². The van der Waals surface area contributed by atoms with E-state index in [1.165, 1.54) is 6.07 Å². The highest BCUT2D eigenvalue weighted by Gasteiger charge is 2.13. The van der Waals surface area contributed by atoms with Crippen molar-refractivity contribution in [3.05, 3.63) is 35.2 Å². The molecule has 0 radical (unpaired) electrons. The number of H-pyrrole nitrogens is 1. The fourth-order valence-corrected chi connectivity index (χ4v) is 1.84. The van der Waals surface area contributed by atoms with Crippen LogP contribution in [0.3, 0.4) is 0 Å². The van der Waals surface area contributed by atoms with E-state index in [1.807, 2.05) is 0 Å². The van der Waals surface area contributed by atoms with E-state index in [4.69, 9.17) is 21.2 Å². The van der Waals surface area contributed by atoms with Gasteiger partial charge in [0.1, 0.15) is 10.8 Å². The van der Waals surface area contributed by atoms with Crippen LogP contribution in [0, 0.1) is 0 Å². The number of carbonyl (C=O) groups is 1. The molecule has 0 amide bonds. The molecule has 90 valence electrons. The topological polar surface area (TPSA) is 92.0 Å². The first-order chi connectivity index (χ1) is 8.65. The van der Waals surface area contributed by atoms with Gasteiger partial charge in [-0.1, -0.05) is 22.8 Å². The molecule has 0 saturated carbocycles. The Morgan fingerprint density at radius 3 is 2.94 bits per heavy atom. The summed E-state index contributed by atoms with van der Waals surface area (Å²) in [6.07, 6.45) is 0. The van der Waals surface area contributed by atoms with E-state index in [-0.39, 0.29) is 5.76 Å². The lowest BCUT2D eigenvalue weighted by atomic mass is 10.1. The fraction of sp³-hybridized carbons (Fsp3) is 0. The van der Waals surface area contributed by atoms with Gasteiger partial charge in [0, 0.05) is 17.0 Å². The first-order valence-corrected chi connectivity index (χ1v) is 5.37. The number of hydrogen-bond acceptors (Lipinski definition) is 4. The highest BCUT2D eigenvalue weighted by Crippen LogP contribution is 2.27. The maximum absolute atomic E-state index is 10.7. The number of hydrogen-bond donors (Lipinski definition) is 2. The molecule has 1 aromatic carbocycles. The summed E-state index contributed by atoms with van der Waals surface area (Å²) in [5, 5.41) is 20.3. The van der Waals surface area contributed by atoms with Crippen molar-refractivity contribution < 1.29 is 14.4 Å². The summed E-state index contributed by atoms with van der Waals surface area (Å²) >= 11 is 5.93. The number of carboxylic acid groups (broad SMARTS) is 1. The van der Waals surface area contributed by atoms with Crippen molar-refractivity contribution in [2.45, 2.75) is 0 Å². The lowest BCUT2D eigenvalue weighted by Crippen LogP contribution is -1.91. The van der Waals surface area contributed by atoms with E-state index < -0.39 is 5.97 Å². The number of aromatic nitrogens is 3. The molecule has 6 nitrogen and oxygen atoms in total. The smallest absolute Gasteiger partial charge is 0.374 e. The maximum Gasteiger partial charge on any atom is 0.374 e. The zero-order valence-corrected chi connectivity index (χ0v) is 9.60. The summed E-state index contributed by atoms with van der Waals surface area (Å²) in [5.41, 5.74) is 1.87. The Bertz CT molecular complexity index is 747. The van der Waals surface area contributed by atoms with E-state index in [0.717, 1.165) is 10.9 Å². The van der Waals surface area contributed by atoms with Gasteiger partial charge >= 0.3 is 5.97 Å². The number of carboxylic acids is 1. The summed E-state index contributed by atoms with van der Waals surface area (Å²) < 4.78 is 4.70. The maximum atomic E-state index is 10.7. The first kappa shape index (κ1) is 10.8. The van der Waals surface area contributed by atoms with Crippen LogP contribution in [0.4, 0.5) is 0 Å². The lowest BCUT2D eigenvalue weighted by molar-refractivity contribution is 0.0652. The average Bonchev–Trinajstić information content (AvgIpc) is 2.96. The molecule has 3 aromatic rings. The molecule has 0 aliphatic carbocycles. The predicted octanol–water partition coefficient (Wildman–Crippen LogP) is 2.57. The second kappa shape index (κ2) is 3.85. The van der Waals surface area contributed by atoms with Gasteiger partial charge in [-0.2, -0.15) is 5.10 Å². The van der Waals surface area contributed by atoms with Gasteiger partial charge in [0.25, 0.3) is 0 Å². The second-order valence-electron chi connectivity index (χ2n) is 3.65. The van der Waals surface area contributed by atoms with Gasteiger partial charge in [-0.25, -0.2) is 4.79 Å². The number of nitrogens with zero attached hydrogens (tertiary/aromatic N) is 2. The highest BCUT2D eigenvalue weighted by atomic mass is 35.5. The number of aromatic carboxylic acids is 1. The fourth-order valence-electron chi connectivity index (χ4n) is 1.65. The monoisotopic (exact) mass is 263 g/mol. The zero-order valence-electron chi connectivity index (χ0n) is 8.85. The van der Waals surface area contributed by atoms with Gasteiger partial charge in [0.2, 0.25) is 5.76 Å². The predicted molar refractivity (Wildman–Crippen MR) is 63.6 cm³/mol. The van der Waals surface area contributed by atoms with E-state index in [1.54, 1.807) is 18.2 Å². The molecule has 0 spiro atoms. The Labute approximate surface area is 105 Å². The van der Waals surface area contributed by atoms with Crippen molar-refractivity contribution in [3.8, 4) is 11.3 Å². The van der Waals surface area contributed by atoms with Crippen LogP contribution in [0.5, 0.6) is 0 Å². The number of fused-ring (bicyclic) bond motifs is 1. The molecule has 18 heavy (non-hydrogen) atoms. The molecule has 2 N–H and O–H groups in total. The summed E-state index contributed by atoms with van der Waals surface area (Å²) in [4.78, 5) is 10.7. The van der Waals surface area contributed by atoms with Gasteiger partial charge < -0.3 is 9.63 Å². The first-order valence-electron chi connectivity index (χ1n) is 4.99. The largest absolute Gasteiger partial charge is 0.475 e. The summed E-state index contributed by atoms with van der Waals surface area (Å²) in [6, 6.07) is 6.66. The molecule has 0 saturated heterocycles. The van der Waals surface area contributed by atoms with Crippen molar-refractivity contribution in [1.29, 1.82) is 0 Å². The number of benzene rings is 1. The van der Waals surface area contributed by atoms with Crippen LogP contribution in [0.25, 0.3) is 22.2 Å². The van der Waals surface area contributed by atoms with Gasteiger partial charge in [0.15, 0.2) is 0 Å². The van der Waals surface area contributed by atoms with Crippen molar-refractivity contribution in [2.75, 3.05) is 0 Å². The van der Waals surface area contributed by atoms with Crippen LogP contribution >= 0.6 is 11.6 Å². The Morgan fingerprint density at radius 1 is 1.39 bits per heavy atom. The Morgan fingerprint density at radius 2 is 2.22 bits per heavy atom. The van der Waals surface area contributed by atoms with E-state index in [2.05, 4.69) is 15.4 Å². The molecule has 0 unspecified atom stereocenters. The van der Waals surface area contributed by atoms with Crippen LogP contribution in [0.2, 0.25) is 5.15 Å². The second-order valence-corrected chi connectivity index (χ2v) is 4.03. The van der Waals surface area contributed by atoms with E-state index in [0.29, 0.717) is 16.4 Å². The number of aromatic amines is 1. The minimum atomic E-state index is -1.16. The molecule has 0 bridgehead atoms. The third-order valence-electron chi connectivity index (χ3n) is 2.52. The summed E-state index contributed by atoms with van der Waals surface area (Å²) in [7, 11) is 0. The molecule has 0 fully saturated rings. The van der Waals surface area contributed by atoms with Crippen molar-refractivity contribution >= 4 is 28.5 Å². The van der Waals surface area contributed by atoms with E-state index in [9.17, 15) is 4.79 Å². The summed E-state index contributed by atoms with van der Waals surface area (Å²) in [6.45, 7) is 0. The van der Waals surface area contributed by atoms with Gasteiger partial charge in [-0.15, -0.1) is 0 Å². The number of nitrogens with one attached hydrogen (secondary N) is 1. The average molecular weight is 264 g/mol. The molecule has 0 aliphatic rings. The van der Waals surface area contributed by atoms with Gasteiger partial charge in [0.05, 0.1) is 5.52 Å². The van der Waals surface area contributed by atoms with Gasteiger partial charge in [-0.05, 0) is 12.1 Å². The zero-order chi connectivity index (χ0) is 12.7. The van der Waals surface area contributed by atoms with Crippen molar-refractivity contribution in [2.24, 2.45) is 0 Å². The Balaban J connectivity index is 2.12. The van der Waals surface area contributed by atoms with Crippen LogP contribution in [-0.4, -0.2) is 26.4 Å². The molecule has 2 aromatic heterocycles. The molecule has 3 rings (SSSR count).